The monoisotopic (exact) mass is 444 g/mol. The van der Waals surface area contributed by atoms with Crippen LogP contribution >= 0.6 is 34.7 Å². The molecule has 3 aromatic heterocycles. The van der Waals surface area contributed by atoms with Gasteiger partial charge in [0.15, 0.2) is 10.9 Å². The Morgan fingerprint density at radius 3 is 2.76 bits per heavy atom. The van der Waals surface area contributed by atoms with Crippen molar-refractivity contribution in [2.75, 3.05) is 5.75 Å². The van der Waals surface area contributed by atoms with Crippen LogP contribution in [0.2, 0.25) is 5.02 Å². The molecule has 29 heavy (non-hydrogen) atoms. The SMILES string of the molecule is Cn1c(=O)c2c3c(sc2n2c(SCC(=O)c4ccc(Cl)cc4)nnc12)CCCC3. The van der Waals surface area contributed by atoms with E-state index in [2.05, 4.69) is 10.2 Å². The number of aromatic nitrogens is 4. The zero-order valence-electron chi connectivity index (χ0n) is 15.6. The second-order valence-corrected chi connectivity index (χ2v) is 9.55. The normalized spacial score (nSPS) is 13.9. The molecule has 1 aromatic carbocycles. The smallest absolute Gasteiger partial charge is 0.263 e. The van der Waals surface area contributed by atoms with Gasteiger partial charge in [0.2, 0.25) is 5.78 Å². The van der Waals surface area contributed by atoms with Gasteiger partial charge in [-0.25, -0.2) is 4.40 Å². The van der Waals surface area contributed by atoms with E-state index in [9.17, 15) is 9.59 Å². The Morgan fingerprint density at radius 2 is 1.97 bits per heavy atom. The Morgan fingerprint density at radius 1 is 1.21 bits per heavy atom. The van der Waals surface area contributed by atoms with Crippen LogP contribution in [0.3, 0.4) is 0 Å². The third-order valence-corrected chi connectivity index (χ3v) is 7.75. The molecule has 1 aliphatic rings. The standard InChI is InChI=1S/C20H17ClN4O2S2/c1-24-17(27)16-13-4-2-3-5-15(13)29-18(16)25-19(24)22-23-20(25)28-10-14(26)11-6-8-12(21)9-7-11/h6-9H,2-5,10H2,1H3. The summed E-state index contributed by atoms with van der Waals surface area (Å²) in [6.07, 6.45) is 4.22. The number of thiophene rings is 1. The van der Waals surface area contributed by atoms with Gasteiger partial charge in [-0.15, -0.1) is 21.5 Å². The van der Waals surface area contributed by atoms with E-state index in [4.69, 9.17) is 11.6 Å². The molecule has 0 unspecified atom stereocenters. The summed E-state index contributed by atoms with van der Waals surface area (Å²) in [7, 11) is 1.73. The molecular weight excluding hydrogens is 428 g/mol. The van der Waals surface area contributed by atoms with Crippen molar-refractivity contribution in [1.29, 1.82) is 0 Å². The average Bonchev–Trinajstić information content (AvgIpc) is 3.32. The predicted octanol–water partition coefficient (Wildman–Crippen LogP) is 4.15. The molecule has 0 N–H and O–H groups in total. The second kappa shape index (κ2) is 7.27. The number of carbonyl (C=O) groups excluding carboxylic acids is 1. The van der Waals surface area contributed by atoms with Gasteiger partial charge in [-0.1, -0.05) is 23.4 Å². The first-order valence-corrected chi connectivity index (χ1v) is 11.5. The molecule has 9 heteroatoms. The molecule has 0 bridgehead atoms. The van der Waals surface area contributed by atoms with Crippen LogP contribution in [-0.4, -0.2) is 30.7 Å². The van der Waals surface area contributed by atoms with Crippen molar-refractivity contribution < 1.29 is 4.79 Å². The van der Waals surface area contributed by atoms with Crippen LogP contribution in [0.1, 0.15) is 33.6 Å². The second-order valence-electron chi connectivity index (χ2n) is 7.09. The van der Waals surface area contributed by atoms with E-state index in [-0.39, 0.29) is 17.1 Å². The summed E-state index contributed by atoms with van der Waals surface area (Å²) in [5, 5.41) is 10.5. The molecule has 3 heterocycles. The average molecular weight is 445 g/mol. The summed E-state index contributed by atoms with van der Waals surface area (Å²) in [5.74, 6) is 0.732. The fraction of sp³-hybridized carbons (Fsp3) is 0.300. The number of ketones is 1. The van der Waals surface area contributed by atoms with Crippen LogP contribution in [0, 0.1) is 0 Å². The number of benzene rings is 1. The zero-order valence-corrected chi connectivity index (χ0v) is 18.0. The third kappa shape index (κ3) is 3.10. The van der Waals surface area contributed by atoms with Gasteiger partial charge in [0.25, 0.3) is 5.56 Å². The number of nitrogens with zero attached hydrogens (tertiary/aromatic N) is 4. The predicted molar refractivity (Wildman–Crippen MR) is 117 cm³/mol. The van der Waals surface area contributed by atoms with Gasteiger partial charge in [0, 0.05) is 22.5 Å². The minimum absolute atomic E-state index is 0.00467. The number of hydrogen-bond donors (Lipinski definition) is 0. The summed E-state index contributed by atoms with van der Waals surface area (Å²) in [6.45, 7) is 0. The molecule has 0 atom stereocenters. The number of halogens is 1. The van der Waals surface area contributed by atoms with Crippen LogP contribution in [0.5, 0.6) is 0 Å². The van der Waals surface area contributed by atoms with E-state index >= 15 is 0 Å². The van der Waals surface area contributed by atoms with Crippen LogP contribution < -0.4 is 5.56 Å². The fourth-order valence-corrected chi connectivity index (χ4v) is 6.18. The molecular formula is C20H17ClN4O2S2. The van der Waals surface area contributed by atoms with E-state index in [0.29, 0.717) is 21.5 Å². The quantitative estimate of drug-likeness (QED) is 0.349. The van der Waals surface area contributed by atoms with E-state index in [1.165, 1.54) is 22.2 Å². The lowest BCUT2D eigenvalue weighted by Crippen LogP contribution is -2.20. The summed E-state index contributed by atoms with van der Waals surface area (Å²) in [4.78, 5) is 27.7. The van der Waals surface area contributed by atoms with Gasteiger partial charge < -0.3 is 0 Å². The first-order chi connectivity index (χ1) is 14.0. The molecule has 0 saturated heterocycles. The molecule has 148 valence electrons. The number of rotatable bonds is 4. The Kier molecular flexibility index (Phi) is 4.72. The molecule has 0 amide bonds. The minimum atomic E-state index is -0.0203. The number of carbonyl (C=O) groups is 1. The van der Waals surface area contributed by atoms with Gasteiger partial charge in [0.1, 0.15) is 4.83 Å². The van der Waals surface area contributed by atoms with Crippen molar-refractivity contribution >= 4 is 56.5 Å². The summed E-state index contributed by atoms with van der Waals surface area (Å²) in [5.41, 5.74) is 1.77. The molecule has 0 aliphatic heterocycles. The van der Waals surface area contributed by atoms with E-state index in [1.807, 2.05) is 4.40 Å². The molecule has 4 aromatic rings. The maximum Gasteiger partial charge on any atom is 0.263 e. The number of Topliss-reactive ketones (excluding diaryl/α,β-unsaturated/α-hetero) is 1. The van der Waals surface area contributed by atoms with Crippen molar-refractivity contribution in [3.63, 3.8) is 0 Å². The molecule has 5 rings (SSSR count). The van der Waals surface area contributed by atoms with Crippen LogP contribution in [0.25, 0.3) is 16.0 Å². The zero-order chi connectivity index (χ0) is 20.1. The topological polar surface area (TPSA) is 69.3 Å². The summed E-state index contributed by atoms with van der Waals surface area (Å²) < 4.78 is 3.49. The maximum absolute atomic E-state index is 13.0. The highest BCUT2D eigenvalue weighted by Gasteiger charge is 2.24. The maximum atomic E-state index is 13.0. The van der Waals surface area contributed by atoms with Crippen molar-refractivity contribution in [1.82, 2.24) is 19.2 Å². The third-order valence-electron chi connectivity index (χ3n) is 5.29. The molecule has 0 saturated carbocycles. The lowest BCUT2D eigenvalue weighted by molar-refractivity contribution is 0.102. The number of aryl methyl sites for hydroxylation is 3. The van der Waals surface area contributed by atoms with Crippen molar-refractivity contribution in [2.45, 2.75) is 30.8 Å². The largest absolute Gasteiger partial charge is 0.293 e. The lowest BCUT2D eigenvalue weighted by atomic mass is 9.97. The van der Waals surface area contributed by atoms with Gasteiger partial charge >= 0.3 is 0 Å². The van der Waals surface area contributed by atoms with Crippen molar-refractivity contribution in [2.24, 2.45) is 7.05 Å². The van der Waals surface area contributed by atoms with Crippen LogP contribution in [0.4, 0.5) is 0 Å². The first-order valence-electron chi connectivity index (χ1n) is 9.34. The van der Waals surface area contributed by atoms with Crippen molar-refractivity contribution in [3.8, 4) is 0 Å². The van der Waals surface area contributed by atoms with Gasteiger partial charge in [-0.2, -0.15) is 0 Å². The Hall–Kier alpha value is -2.16. The molecule has 0 spiro atoms. The molecule has 1 aliphatic carbocycles. The lowest BCUT2D eigenvalue weighted by Gasteiger charge is -2.10. The van der Waals surface area contributed by atoms with Crippen molar-refractivity contribution in [3.05, 3.63) is 55.6 Å². The van der Waals surface area contributed by atoms with Crippen LogP contribution in [-0.2, 0) is 19.9 Å². The molecule has 6 nitrogen and oxygen atoms in total. The highest BCUT2D eigenvalue weighted by Crippen LogP contribution is 2.36. The van der Waals surface area contributed by atoms with E-state index in [0.717, 1.165) is 35.9 Å². The van der Waals surface area contributed by atoms with E-state index < -0.39 is 0 Å². The van der Waals surface area contributed by atoms with Gasteiger partial charge in [-0.3, -0.25) is 14.2 Å². The van der Waals surface area contributed by atoms with Gasteiger partial charge in [-0.05, 0) is 55.5 Å². The van der Waals surface area contributed by atoms with E-state index in [1.54, 1.807) is 47.2 Å². The van der Waals surface area contributed by atoms with Gasteiger partial charge in [0.05, 0.1) is 11.1 Å². The summed E-state index contributed by atoms with van der Waals surface area (Å²) >= 11 is 8.90. The fourth-order valence-electron chi connectivity index (χ4n) is 3.79. The number of thioether (sulfide) groups is 1. The Balaban J connectivity index is 1.57. The highest BCUT2D eigenvalue weighted by atomic mass is 35.5. The van der Waals surface area contributed by atoms with Crippen LogP contribution in [0.15, 0.2) is 34.2 Å². The highest BCUT2D eigenvalue weighted by molar-refractivity contribution is 7.99. The number of fused-ring (bicyclic) bond motifs is 5. The minimum Gasteiger partial charge on any atom is -0.293 e. The molecule has 0 fully saturated rings. The Bertz CT molecular complexity index is 1320. The Labute approximate surface area is 179 Å². The number of hydrogen-bond acceptors (Lipinski definition) is 6. The molecule has 0 radical (unpaired) electrons. The first kappa shape index (κ1) is 18.8. The summed E-state index contributed by atoms with van der Waals surface area (Å²) in [6, 6.07) is 6.87.